The molecular formula is C13H13ClN2O3. The van der Waals surface area contributed by atoms with Gasteiger partial charge in [-0.25, -0.2) is 0 Å². The van der Waals surface area contributed by atoms with Crippen LogP contribution in [0.2, 0.25) is 0 Å². The molecule has 100 valence electrons. The Bertz CT molecular complexity index is 558. The third-order valence-corrected chi connectivity index (χ3v) is 2.41. The van der Waals surface area contributed by atoms with Gasteiger partial charge >= 0.3 is 0 Å². The molecule has 0 unspecified atom stereocenters. The fourth-order valence-electron chi connectivity index (χ4n) is 1.48. The van der Waals surface area contributed by atoms with Crippen LogP contribution in [0.5, 0.6) is 5.75 Å². The number of hydrogen-bond acceptors (Lipinski definition) is 4. The quantitative estimate of drug-likeness (QED) is 0.530. The first-order valence-corrected chi connectivity index (χ1v) is 5.37. The molecule has 0 atom stereocenters. The second kappa shape index (κ2) is 6.61. The van der Waals surface area contributed by atoms with Gasteiger partial charge in [-0.15, -0.1) is 12.4 Å². The van der Waals surface area contributed by atoms with E-state index in [1.54, 1.807) is 30.3 Å². The van der Waals surface area contributed by atoms with E-state index in [-0.39, 0.29) is 18.1 Å². The Morgan fingerprint density at radius 3 is 2.42 bits per heavy atom. The first kappa shape index (κ1) is 14.8. The molecule has 5 nitrogen and oxygen atoms in total. The molecule has 0 saturated heterocycles. The molecule has 2 aromatic rings. The number of nitrogen functional groups attached to an aromatic ring is 1. The van der Waals surface area contributed by atoms with Crippen molar-refractivity contribution in [3.05, 3.63) is 64.2 Å². The van der Waals surface area contributed by atoms with E-state index < -0.39 is 4.92 Å². The van der Waals surface area contributed by atoms with Crippen LogP contribution in [0.1, 0.15) is 5.56 Å². The number of rotatable bonds is 4. The van der Waals surface area contributed by atoms with E-state index in [2.05, 4.69) is 0 Å². The van der Waals surface area contributed by atoms with E-state index in [0.717, 1.165) is 5.56 Å². The van der Waals surface area contributed by atoms with Crippen LogP contribution in [0.4, 0.5) is 11.4 Å². The first-order valence-electron chi connectivity index (χ1n) is 5.37. The van der Waals surface area contributed by atoms with Gasteiger partial charge in [0.2, 0.25) is 0 Å². The molecule has 0 amide bonds. The summed E-state index contributed by atoms with van der Waals surface area (Å²) < 4.78 is 5.52. The summed E-state index contributed by atoms with van der Waals surface area (Å²) in [6.07, 6.45) is 0. The van der Waals surface area contributed by atoms with Gasteiger partial charge in [0.1, 0.15) is 12.4 Å². The molecular weight excluding hydrogens is 268 g/mol. The number of ether oxygens (including phenoxy) is 1. The van der Waals surface area contributed by atoms with Crippen LogP contribution < -0.4 is 10.5 Å². The molecule has 2 aromatic carbocycles. The van der Waals surface area contributed by atoms with Crippen molar-refractivity contribution in [1.82, 2.24) is 0 Å². The van der Waals surface area contributed by atoms with Crippen molar-refractivity contribution in [2.75, 3.05) is 5.73 Å². The molecule has 0 aromatic heterocycles. The Morgan fingerprint density at radius 2 is 1.84 bits per heavy atom. The number of nitro groups is 1. The zero-order valence-corrected chi connectivity index (χ0v) is 10.8. The maximum absolute atomic E-state index is 10.5. The predicted octanol–water partition coefficient (Wildman–Crippen LogP) is 3.18. The molecule has 0 bridgehead atoms. The van der Waals surface area contributed by atoms with E-state index in [9.17, 15) is 10.1 Å². The Labute approximate surface area is 116 Å². The average molecular weight is 281 g/mol. The van der Waals surface area contributed by atoms with Gasteiger partial charge in [0, 0.05) is 23.9 Å². The molecule has 0 heterocycles. The molecule has 0 saturated carbocycles. The lowest BCUT2D eigenvalue weighted by atomic mass is 10.2. The Kier molecular flexibility index (Phi) is 5.14. The summed E-state index contributed by atoms with van der Waals surface area (Å²) in [6.45, 7) is 0.349. The van der Waals surface area contributed by atoms with Crippen molar-refractivity contribution in [3.8, 4) is 5.75 Å². The van der Waals surface area contributed by atoms with Gasteiger partial charge in [0.15, 0.2) is 0 Å². The molecule has 6 heteroatoms. The second-order valence-corrected chi connectivity index (χ2v) is 3.78. The van der Waals surface area contributed by atoms with Crippen LogP contribution in [0.25, 0.3) is 0 Å². The van der Waals surface area contributed by atoms with Gasteiger partial charge in [0.25, 0.3) is 5.69 Å². The van der Waals surface area contributed by atoms with Crippen LogP contribution in [0.3, 0.4) is 0 Å². The Balaban J connectivity index is 0.00000180. The van der Waals surface area contributed by atoms with Crippen LogP contribution >= 0.6 is 12.4 Å². The summed E-state index contributed by atoms with van der Waals surface area (Å²) >= 11 is 0. The van der Waals surface area contributed by atoms with Gasteiger partial charge < -0.3 is 10.5 Å². The summed E-state index contributed by atoms with van der Waals surface area (Å²) in [5, 5.41) is 10.5. The molecule has 0 aliphatic carbocycles. The standard InChI is InChI=1S/C13H12N2O3.ClH/c14-11-2-1-3-13(8-11)18-9-10-4-6-12(7-5-10)15(16)17;/h1-8H,9,14H2;1H. The monoisotopic (exact) mass is 280 g/mol. The molecule has 0 radical (unpaired) electrons. The van der Waals surface area contributed by atoms with E-state index >= 15 is 0 Å². The SMILES string of the molecule is Cl.Nc1cccc(OCc2ccc([N+](=O)[O-])cc2)c1. The molecule has 19 heavy (non-hydrogen) atoms. The highest BCUT2D eigenvalue weighted by Crippen LogP contribution is 2.17. The highest BCUT2D eigenvalue weighted by atomic mass is 35.5. The van der Waals surface area contributed by atoms with Crippen molar-refractivity contribution in [3.63, 3.8) is 0 Å². The number of hydrogen-bond donors (Lipinski definition) is 1. The number of benzene rings is 2. The van der Waals surface area contributed by atoms with E-state index in [4.69, 9.17) is 10.5 Å². The Morgan fingerprint density at radius 1 is 1.16 bits per heavy atom. The summed E-state index contributed by atoms with van der Waals surface area (Å²) in [5.74, 6) is 0.674. The zero-order chi connectivity index (χ0) is 13.0. The van der Waals surface area contributed by atoms with Crippen LogP contribution in [0, 0.1) is 10.1 Å². The van der Waals surface area contributed by atoms with Crippen molar-refractivity contribution >= 4 is 23.8 Å². The minimum Gasteiger partial charge on any atom is -0.489 e. The van der Waals surface area contributed by atoms with E-state index in [1.165, 1.54) is 12.1 Å². The van der Waals surface area contributed by atoms with Gasteiger partial charge in [-0.3, -0.25) is 10.1 Å². The lowest BCUT2D eigenvalue weighted by Crippen LogP contribution is -1.96. The average Bonchev–Trinajstić information content (AvgIpc) is 2.37. The van der Waals surface area contributed by atoms with Gasteiger partial charge in [-0.2, -0.15) is 0 Å². The minimum atomic E-state index is -0.428. The minimum absolute atomic E-state index is 0. The van der Waals surface area contributed by atoms with Gasteiger partial charge in [-0.05, 0) is 29.8 Å². The second-order valence-electron chi connectivity index (χ2n) is 3.78. The molecule has 2 rings (SSSR count). The number of nitrogens with two attached hydrogens (primary N) is 1. The highest BCUT2D eigenvalue weighted by Gasteiger charge is 2.04. The van der Waals surface area contributed by atoms with Crippen molar-refractivity contribution in [1.29, 1.82) is 0 Å². The smallest absolute Gasteiger partial charge is 0.269 e. The lowest BCUT2D eigenvalue weighted by Gasteiger charge is -2.06. The normalized spacial score (nSPS) is 9.47. The van der Waals surface area contributed by atoms with Gasteiger partial charge in [-0.1, -0.05) is 6.07 Å². The number of anilines is 1. The fraction of sp³-hybridized carbons (Fsp3) is 0.0769. The largest absolute Gasteiger partial charge is 0.489 e. The molecule has 0 aliphatic heterocycles. The van der Waals surface area contributed by atoms with Crippen molar-refractivity contribution in [2.45, 2.75) is 6.61 Å². The summed E-state index contributed by atoms with van der Waals surface area (Å²) in [6, 6.07) is 13.4. The highest BCUT2D eigenvalue weighted by molar-refractivity contribution is 5.85. The summed E-state index contributed by atoms with van der Waals surface area (Å²) in [4.78, 5) is 10.1. The van der Waals surface area contributed by atoms with Crippen LogP contribution in [-0.4, -0.2) is 4.92 Å². The predicted molar refractivity (Wildman–Crippen MR) is 75.5 cm³/mol. The van der Waals surface area contributed by atoms with E-state index in [0.29, 0.717) is 18.0 Å². The third-order valence-electron chi connectivity index (χ3n) is 2.41. The topological polar surface area (TPSA) is 78.4 Å². The zero-order valence-electron chi connectivity index (χ0n) is 9.98. The maximum atomic E-state index is 10.5. The molecule has 2 N–H and O–H groups in total. The number of nitrogens with zero attached hydrogens (tertiary/aromatic N) is 1. The lowest BCUT2D eigenvalue weighted by molar-refractivity contribution is -0.384. The number of nitro benzene ring substituents is 1. The molecule has 0 fully saturated rings. The van der Waals surface area contributed by atoms with Gasteiger partial charge in [0.05, 0.1) is 4.92 Å². The fourth-order valence-corrected chi connectivity index (χ4v) is 1.48. The number of non-ortho nitro benzene ring substituents is 1. The van der Waals surface area contributed by atoms with Crippen LogP contribution in [-0.2, 0) is 6.61 Å². The number of halogens is 1. The Hall–Kier alpha value is -2.27. The molecule has 0 aliphatic rings. The van der Waals surface area contributed by atoms with Crippen LogP contribution in [0.15, 0.2) is 48.5 Å². The third kappa shape index (κ3) is 4.15. The van der Waals surface area contributed by atoms with Crippen molar-refractivity contribution < 1.29 is 9.66 Å². The molecule has 0 spiro atoms. The summed E-state index contributed by atoms with van der Waals surface area (Å²) in [7, 11) is 0. The first-order chi connectivity index (χ1) is 8.65. The van der Waals surface area contributed by atoms with Crippen molar-refractivity contribution in [2.24, 2.45) is 0 Å². The maximum Gasteiger partial charge on any atom is 0.269 e. The van der Waals surface area contributed by atoms with E-state index in [1.807, 2.05) is 6.07 Å². The summed E-state index contributed by atoms with van der Waals surface area (Å²) in [5.41, 5.74) is 7.20.